The molecule has 0 unspecified atom stereocenters. The molecule has 0 atom stereocenters. The van der Waals surface area contributed by atoms with Crippen LogP contribution in [0.3, 0.4) is 0 Å². The van der Waals surface area contributed by atoms with Gasteiger partial charge < -0.3 is 9.47 Å². The molecule has 34 heavy (non-hydrogen) atoms. The fourth-order valence-corrected chi connectivity index (χ4v) is 4.34. The monoisotopic (exact) mass is 442 g/mol. The number of fused-ring (bicyclic) bond motifs is 4. The highest BCUT2D eigenvalue weighted by Crippen LogP contribution is 2.32. The summed E-state index contributed by atoms with van der Waals surface area (Å²) in [5.41, 5.74) is 0. The summed E-state index contributed by atoms with van der Waals surface area (Å²) in [6.07, 6.45) is 0. The predicted octanol–water partition coefficient (Wildman–Crippen LogP) is 6.81. The van der Waals surface area contributed by atoms with Crippen LogP contribution in [0.25, 0.3) is 43.1 Å². The van der Waals surface area contributed by atoms with Crippen LogP contribution >= 0.6 is 0 Å². The van der Waals surface area contributed by atoms with Gasteiger partial charge in [0.1, 0.15) is 11.5 Å². The number of benzene rings is 6. The highest BCUT2D eigenvalue weighted by atomic mass is 16.6. The Morgan fingerprint density at radius 1 is 0.412 bits per heavy atom. The number of esters is 2. The maximum Gasteiger partial charge on any atom is 0.423 e. The minimum absolute atomic E-state index is 0.314. The fourth-order valence-electron chi connectivity index (χ4n) is 4.34. The Bertz CT molecular complexity index is 1620. The molecule has 0 N–H and O–H groups in total. The van der Waals surface area contributed by atoms with Crippen molar-refractivity contribution in [2.45, 2.75) is 0 Å². The molecule has 0 aromatic heterocycles. The van der Waals surface area contributed by atoms with Gasteiger partial charge in [-0.05, 0) is 68.7 Å². The summed E-state index contributed by atoms with van der Waals surface area (Å²) in [6.45, 7) is 0. The molecule has 0 heterocycles. The molecule has 0 fully saturated rings. The number of hydrogen-bond acceptors (Lipinski definition) is 4. The highest BCUT2D eigenvalue weighted by Gasteiger charge is 2.21. The van der Waals surface area contributed by atoms with Gasteiger partial charge in [0.15, 0.2) is 0 Å². The van der Waals surface area contributed by atoms with Gasteiger partial charge in [-0.2, -0.15) is 0 Å². The Balaban J connectivity index is 1.31. The first-order chi connectivity index (χ1) is 16.7. The summed E-state index contributed by atoms with van der Waals surface area (Å²) in [5, 5.41) is 7.53. The molecular weight excluding hydrogens is 424 g/mol. The number of carbonyl (C=O) groups excluding carboxylic acids is 2. The lowest BCUT2D eigenvalue weighted by atomic mass is 10.0. The third-order valence-electron chi connectivity index (χ3n) is 5.99. The van der Waals surface area contributed by atoms with Crippen LogP contribution < -0.4 is 9.47 Å². The van der Waals surface area contributed by atoms with E-state index < -0.39 is 11.9 Å². The lowest BCUT2D eigenvalue weighted by Crippen LogP contribution is -2.25. The molecular formula is C30H18O4. The van der Waals surface area contributed by atoms with Crippen molar-refractivity contribution in [3.05, 3.63) is 109 Å². The van der Waals surface area contributed by atoms with Gasteiger partial charge in [0.05, 0.1) is 0 Å². The molecule has 0 saturated heterocycles. The van der Waals surface area contributed by atoms with Gasteiger partial charge in [-0.3, -0.25) is 0 Å². The molecule has 0 aliphatic rings. The quantitative estimate of drug-likeness (QED) is 0.128. The van der Waals surface area contributed by atoms with Crippen LogP contribution in [-0.2, 0) is 9.59 Å². The number of hydrogen-bond donors (Lipinski definition) is 0. The topological polar surface area (TPSA) is 52.6 Å². The zero-order valence-electron chi connectivity index (χ0n) is 18.0. The normalized spacial score (nSPS) is 11.2. The summed E-state index contributed by atoms with van der Waals surface area (Å²) in [5.74, 6) is -1.51. The van der Waals surface area contributed by atoms with Crippen LogP contribution in [-0.4, -0.2) is 11.9 Å². The van der Waals surface area contributed by atoms with E-state index in [0.717, 1.165) is 43.1 Å². The van der Waals surface area contributed by atoms with Crippen molar-refractivity contribution >= 4 is 55.0 Å². The summed E-state index contributed by atoms with van der Waals surface area (Å²) in [6, 6.07) is 34.7. The van der Waals surface area contributed by atoms with E-state index in [1.165, 1.54) is 0 Å². The van der Waals surface area contributed by atoms with E-state index in [1.54, 1.807) is 24.3 Å². The maximum absolute atomic E-state index is 12.7. The van der Waals surface area contributed by atoms with Crippen LogP contribution in [0.15, 0.2) is 109 Å². The minimum Gasteiger partial charge on any atom is -0.417 e. The summed E-state index contributed by atoms with van der Waals surface area (Å²) < 4.78 is 11.0. The summed E-state index contributed by atoms with van der Waals surface area (Å²) in [4.78, 5) is 25.4. The van der Waals surface area contributed by atoms with Crippen LogP contribution in [0.2, 0.25) is 0 Å². The van der Waals surface area contributed by atoms with Crippen LogP contribution in [0.1, 0.15) is 0 Å². The molecule has 0 radical (unpaired) electrons. The van der Waals surface area contributed by atoms with Crippen molar-refractivity contribution in [1.29, 1.82) is 0 Å². The van der Waals surface area contributed by atoms with E-state index in [4.69, 9.17) is 9.47 Å². The Morgan fingerprint density at radius 3 is 1.18 bits per heavy atom. The standard InChI is InChI=1S/C30H18O4/c31-29(33-27-13-5-11-23-15-19-7-1-3-9-21(19)17-25(23)27)30(32)34-28-14-6-12-24-16-20-8-2-4-10-22(20)18-26(24)28/h1-18H. The lowest BCUT2D eigenvalue weighted by Gasteiger charge is -2.10. The molecule has 0 bridgehead atoms. The van der Waals surface area contributed by atoms with Crippen molar-refractivity contribution in [3.63, 3.8) is 0 Å². The largest absolute Gasteiger partial charge is 0.423 e. The second-order valence-corrected chi connectivity index (χ2v) is 8.13. The second-order valence-electron chi connectivity index (χ2n) is 8.13. The van der Waals surface area contributed by atoms with Gasteiger partial charge in [-0.1, -0.05) is 72.8 Å². The minimum atomic E-state index is -1.07. The van der Waals surface area contributed by atoms with Gasteiger partial charge in [0.25, 0.3) is 0 Å². The first-order valence-electron chi connectivity index (χ1n) is 10.9. The van der Waals surface area contributed by atoms with Crippen LogP contribution in [0.4, 0.5) is 0 Å². The first-order valence-corrected chi connectivity index (χ1v) is 10.9. The smallest absolute Gasteiger partial charge is 0.417 e. The molecule has 6 rings (SSSR count). The Kier molecular flexibility index (Phi) is 4.70. The number of rotatable bonds is 2. The zero-order chi connectivity index (χ0) is 23.1. The van der Waals surface area contributed by atoms with E-state index in [0.29, 0.717) is 11.5 Å². The Hall–Kier alpha value is -4.70. The summed E-state index contributed by atoms with van der Waals surface area (Å²) >= 11 is 0. The SMILES string of the molecule is O=C(Oc1cccc2cc3ccccc3cc12)C(=O)Oc1cccc2cc3ccccc3cc12. The van der Waals surface area contributed by atoms with E-state index in [1.807, 2.05) is 84.9 Å². The van der Waals surface area contributed by atoms with Crippen molar-refractivity contribution < 1.29 is 19.1 Å². The third kappa shape index (κ3) is 3.51. The third-order valence-corrected chi connectivity index (χ3v) is 5.99. The van der Waals surface area contributed by atoms with Gasteiger partial charge in [0, 0.05) is 10.8 Å². The first kappa shape index (κ1) is 19.9. The van der Waals surface area contributed by atoms with Crippen molar-refractivity contribution in [2.24, 2.45) is 0 Å². The van der Waals surface area contributed by atoms with Gasteiger partial charge in [-0.15, -0.1) is 0 Å². The zero-order valence-corrected chi connectivity index (χ0v) is 18.0. The highest BCUT2D eigenvalue weighted by molar-refractivity contribution is 6.31. The van der Waals surface area contributed by atoms with Crippen molar-refractivity contribution in [3.8, 4) is 11.5 Å². The van der Waals surface area contributed by atoms with Gasteiger partial charge in [0.2, 0.25) is 0 Å². The van der Waals surface area contributed by atoms with E-state index in [-0.39, 0.29) is 0 Å². The Morgan fingerprint density at radius 2 is 0.765 bits per heavy atom. The second kappa shape index (κ2) is 8.01. The average molecular weight is 442 g/mol. The van der Waals surface area contributed by atoms with E-state index >= 15 is 0 Å². The predicted molar refractivity (Wildman–Crippen MR) is 134 cm³/mol. The molecule has 0 spiro atoms. The Labute approximate surface area is 194 Å². The molecule has 4 nitrogen and oxygen atoms in total. The maximum atomic E-state index is 12.7. The molecule has 0 saturated carbocycles. The summed E-state index contributed by atoms with van der Waals surface area (Å²) in [7, 11) is 0. The van der Waals surface area contributed by atoms with Crippen molar-refractivity contribution in [1.82, 2.24) is 0 Å². The van der Waals surface area contributed by atoms with Crippen molar-refractivity contribution in [2.75, 3.05) is 0 Å². The molecule has 6 aromatic rings. The molecule has 162 valence electrons. The number of carbonyl (C=O) groups is 2. The van der Waals surface area contributed by atoms with Gasteiger partial charge in [-0.25, -0.2) is 9.59 Å². The lowest BCUT2D eigenvalue weighted by molar-refractivity contribution is -0.156. The van der Waals surface area contributed by atoms with E-state index in [9.17, 15) is 9.59 Å². The molecule has 0 aliphatic carbocycles. The van der Waals surface area contributed by atoms with E-state index in [2.05, 4.69) is 0 Å². The average Bonchev–Trinajstić information content (AvgIpc) is 2.87. The fraction of sp³-hybridized carbons (Fsp3) is 0. The van der Waals surface area contributed by atoms with Gasteiger partial charge >= 0.3 is 11.9 Å². The molecule has 4 heteroatoms. The molecule has 0 aliphatic heterocycles. The molecule has 0 amide bonds. The number of ether oxygens (including phenoxy) is 2. The van der Waals surface area contributed by atoms with Crippen LogP contribution in [0.5, 0.6) is 11.5 Å². The van der Waals surface area contributed by atoms with Crippen LogP contribution in [0, 0.1) is 0 Å². The molecule has 6 aromatic carbocycles.